The Morgan fingerprint density at radius 2 is 2.00 bits per heavy atom. The Kier molecular flexibility index (Phi) is 5.05. The fraction of sp³-hybridized carbons (Fsp3) is 0.269. The maximum absolute atomic E-state index is 13.8. The van der Waals surface area contributed by atoms with Crippen LogP contribution in [0.1, 0.15) is 43.7 Å². The number of H-pyrrole nitrogens is 1. The molecule has 0 fully saturated rings. The molecule has 8 nitrogen and oxygen atoms in total. The van der Waals surface area contributed by atoms with Crippen molar-refractivity contribution in [2.24, 2.45) is 5.10 Å². The first kappa shape index (κ1) is 20.5. The summed E-state index contributed by atoms with van der Waals surface area (Å²) in [5, 5.41) is 5.10. The third kappa shape index (κ3) is 3.51. The maximum Gasteiger partial charge on any atom is 0.323 e. The van der Waals surface area contributed by atoms with E-state index in [0.29, 0.717) is 34.5 Å². The fourth-order valence-corrected chi connectivity index (χ4v) is 4.72. The van der Waals surface area contributed by atoms with Gasteiger partial charge < -0.3 is 4.42 Å². The topological polar surface area (TPSA) is 92.3 Å². The Morgan fingerprint density at radius 3 is 2.76 bits per heavy atom. The molecule has 0 atom stereocenters. The van der Waals surface area contributed by atoms with E-state index >= 15 is 0 Å². The lowest BCUT2D eigenvalue weighted by Gasteiger charge is -2.12. The molecule has 0 saturated heterocycles. The Morgan fingerprint density at radius 1 is 1.15 bits per heavy atom. The van der Waals surface area contributed by atoms with E-state index in [0.717, 1.165) is 36.1 Å². The van der Waals surface area contributed by atoms with E-state index in [1.807, 2.05) is 41.8 Å². The van der Waals surface area contributed by atoms with Gasteiger partial charge in [0.05, 0.1) is 23.8 Å². The second-order valence-electron chi connectivity index (χ2n) is 8.71. The minimum atomic E-state index is -0.0795. The van der Waals surface area contributed by atoms with Gasteiger partial charge in [0.15, 0.2) is 5.39 Å². The zero-order valence-corrected chi connectivity index (χ0v) is 19.0. The second kappa shape index (κ2) is 8.37. The van der Waals surface area contributed by atoms with E-state index in [2.05, 4.69) is 16.2 Å². The van der Waals surface area contributed by atoms with Gasteiger partial charge in [0.1, 0.15) is 17.5 Å². The van der Waals surface area contributed by atoms with Gasteiger partial charge in [-0.2, -0.15) is 0 Å². The van der Waals surface area contributed by atoms with Crippen molar-refractivity contribution in [2.45, 2.75) is 45.6 Å². The first-order valence-corrected chi connectivity index (χ1v) is 11.7. The number of aromatic nitrogens is 5. The SMILES string of the molecule is Cc1[nH+]c2c(c(=O)n1CCC1=CCCCC1)c1nc3ccccc3nc1n2/N=C/c1ccco1. The fourth-order valence-electron chi connectivity index (χ4n) is 4.72. The van der Waals surface area contributed by atoms with Gasteiger partial charge in [0.2, 0.25) is 11.5 Å². The number of nitrogens with zero attached hydrogens (tertiary/aromatic N) is 5. The van der Waals surface area contributed by atoms with Gasteiger partial charge in [-0.3, -0.25) is 0 Å². The van der Waals surface area contributed by atoms with Crippen molar-refractivity contribution in [1.82, 2.24) is 19.2 Å². The molecular formula is C26H25N6O2+. The largest absolute Gasteiger partial charge is 0.463 e. The van der Waals surface area contributed by atoms with Gasteiger partial charge in [-0.25, -0.2) is 24.3 Å². The lowest BCUT2D eigenvalue weighted by atomic mass is 9.97. The number of allylic oxidation sites excluding steroid dienone is 2. The highest BCUT2D eigenvalue weighted by atomic mass is 16.3. The Labute approximate surface area is 195 Å². The number of furan rings is 1. The molecule has 0 spiro atoms. The van der Waals surface area contributed by atoms with E-state index in [1.54, 1.807) is 23.2 Å². The highest BCUT2D eigenvalue weighted by molar-refractivity contribution is 6.03. The predicted molar refractivity (Wildman–Crippen MR) is 131 cm³/mol. The van der Waals surface area contributed by atoms with Crippen LogP contribution in [0, 0.1) is 6.92 Å². The molecule has 0 saturated carbocycles. The summed E-state index contributed by atoms with van der Waals surface area (Å²) in [6, 6.07) is 11.3. The molecule has 0 bridgehead atoms. The van der Waals surface area contributed by atoms with E-state index in [4.69, 9.17) is 14.4 Å². The number of para-hydroxylation sites is 2. The smallest absolute Gasteiger partial charge is 0.323 e. The minimum Gasteiger partial charge on any atom is -0.463 e. The summed E-state index contributed by atoms with van der Waals surface area (Å²) < 4.78 is 8.86. The molecule has 1 aliphatic carbocycles. The molecule has 8 heteroatoms. The third-order valence-corrected chi connectivity index (χ3v) is 6.49. The van der Waals surface area contributed by atoms with Gasteiger partial charge in [0, 0.05) is 6.92 Å². The highest BCUT2D eigenvalue weighted by Crippen LogP contribution is 2.25. The molecule has 4 aromatic heterocycles. The van der Waals surface area contributed by atoms with Gasteiger partial charge in [-0.1, -0.05) is 23.8 Å². The van der Waals surface area contributed by atoms with Crippen LogP contribution in [0.2, 0.25) is 0 Å². The number of benzene rings is 1. The van der Waals surface area contributed by atoms with Gasteiger partial charge >= 0.3 is 5.56 Å². The van der Waals surface area contributed by atoms with Crippen molar-refractivity contribution >= 4 is 39.4 Å². The van der Waals surface area contributed by atoms with Gasteiger partial charge in [-0.05, 0) is 56.4 Å². The quantitative estimate of drug-likeness (QED) is 0.291. The van der Waals surface area contributed by atoms with Crippen LogP contribution in [-0.4, -0.2) is 25.4 Å². The monoisotopic (exact) mass is 453 g/mol. The molecule has 0 aliphatic heterocycles. The standard InChI is InChI=1S/C26H24N6O2/c1-17-28-24-22(26(33)31(17)14-13-18-8-3-2-4-9-18)23-25(30-21-12-6-5-11-20(21)29-23)32(24)27-16-19-10-7-15-34-19/h5-8,10-12,15-16H,2-4,9,13-14H2,1H3/p+1/b27-16+. The summed E-state index contributed by atoms with van der Waals surface area (Å²) in [5.74, 6) is 1.38. The van der Waals surface area contributed by atoms with E-state index in [-0.39, 0.29) is 5.56 Å². The average molecular weight is 454 g/mol. The summed E-state index contributed by atoms with van der Waals surface area (Å²) in [4.78, 5) is 26.8. The summed E-state index contributed by atoms with van der Waals surface area (Å²) in [5.41, 5.74) is 4.48. The van der Waals surface area contributed by atoms with Crippen molar-refractivity contribution in [3.63, 3.8) is 0 Å². The molecule has 0 unspecified atom stereocenters. The van der Waals surface area contributed by atoms with E-state index in [1.165, 1.54) is 18.4 Å². The molecule has 0 radical (unpaired) electrons. The molecule has 6 rings (SSSR count). The summed E-state index contributed by atoms with van der Waals surface area (Å²) >= 11 is 0. The van der Waals surface area contributed by atoms with Crippen molar-refractivity contribution < 1.29 is 9.40 Å². The van der Waals surface area contributed by atoms with Crippen LogP contribution in [0.5, 0.6) is 0 Å². The van der Waals surface area contributed by atoms with Crippen LogP contribution in [0.3, 0.4) is 0 Å². The summed E-state index contributed by atoms with van der Waals surface area (Å²) in [6.45, 7) is 2.55. The van der Waals surface area contributed by atoms with Crippen LogP contribution in [0.15, 0.2) is 68.6 Å². The van der Waals surface area contributed by atoms with E-state index in [9.17, 15) is 4.79 Å². The van der Waals surface area contributed by atoms with Crippen molar-refractivity contribution in [3.8, 4) is 0 Å². The molecule has 1 aliphatic rings. The van der Waals surface area contributed by atoms with Crippen LogP contribution in [0.25, 0.3) is 33.2 Å². The first-order chi connectivity index (χ1) is 16.7. The average Bonchev–Trinajstić information content (AvgIpc) is 3.47. The number of hydrogen-bond donors (Lipinski definition) is 0. The normalized spacial score (nSPS) is 14.6. The van der Waals surface area contributed by atoms with Gasteiger partial charge in [0.25, 0.3) is 5.65 Å². The lowest BCUT2D eigenvalue weighted by molar-refractivity contribution is -0.368. The zero-order chi connectivity index (χ0) is 23.1. The zero-order valence-electron chi connectivity index (χ0n) is 19.0. The highest BCUT2D eigenvalue weighted by Gasteiger charge is 2.26. The first-order valence-electron chi connectivity index (χ1n) is 11.7. The van der Waals surface area contributed by atoms with Crippen LogP contribution in [-0.2, 0) is 6.54 Å². The lowest BCUT2D eigenvalue weighted by Crippen LogP contribution is -2.31. The minimum absolute atomic E-state index is 0.0795. The van der Waals surface area contributed by atoms with Crippen molar-refractivity contribution in [2.75, 3.05) is 0 Å². The number of aromatic amines is 1. The molecule has 170 valence electrons. The van der Waals surface area contributed by atoms with E-state index < -0.39 is 0 Å². The summed E-state index contributed by atoms with van der Waals surface area (Å²) in [6.07, 6.45) is 11.2. The third-order valence-electron chi connectivity index (χ3n) is 6.49. The van der Waals surface area contributed by atoms with Crippen molar-refractivity contribution in [3.05, 3.63) is 76.2 Å². The second-order valence-corrected chi connectivity index (χ2v) is 8.71. The number of hydrogen-bond acceptors (Lipinski definition) is 5. The van der Waals surface area contributed by atoms with Crippen LogP contribution in [0.4, 0.5) is 0 Å². The predicted octanol–water partition coefficient (Wildman–Crippen LogP) is 4.39. The maximum atomic E-state index is 13.8. The number of rotatable bonds is 5. The molecule has 5 aromatic rings. The van der Waals surface area contributed by atoms with Crippen LogP contribution >= 0.6 is 0 Å². The molecule has 0 amide bonds. The number of nitrogens with one attached hydrogen (secondary N) is 1. The molecule has 1 aromatic carbocycles. The Balaban J connectivity index is 1.57. The number of aryl methyl sites for hydroxylation is 1. The Hall–Kier alpha value is -4.07. The number of fused-ring (bicyclic) bond motifs is 4. The van der Waals surface area contributed by atoms with Crippen LogP contribution < -0.4 is 10.5 Å². The Bertz CT molecular complexity index is 1640. The van der Waals surface area contributed by atoms with Crippen molar-refractivity contribution in [1.29, 1.82) is 0 Å². The molecular weight excluding hydrogens is 428 g/mol. The molecule has 4 heterocycles. The molecule has 34 heavy (non-hydrogen) atoms. The summed E-state index contributed by atoms with van der Waals surface area (Å²) in [7, 11) is 0. The van der Waals surface area contributed by atoms with Gasteiger partial charge in [-0.15, -0.1) is 9.78 Å². The molecule has 1 N–H and O–H groups in total.